The first-order valence-electron chi connectivity index (χ1n) is 8.48. The van der Waals surface area contributed by atoms with Gasteiger partial charge in [-0.2, -0.15) is 0 Å². The van der Waals surface area contributed by atoms with Crippen LogP contribution in [0.5, 0.6) is 5.75 Å². The lowest BCUT2D eigenvalue weighted by atomic mass is 10.1. The number of hydrogen-bond donors (Lipinski definition) is 1. The number of carbonyl (C=O) groups excluding carboxylic acids is 1. The van der Waals surface area contributed by atoms with E-state index in [-0.39, 0.29) is 10.8 Å². The zero-order chi connectivity index (χ0) is 18.9. The van der Waals surface area contributed by atoms with Crippen molar-refractivity contribution in [3.63, 3.8) is 0 Å². The molecular formula is C19H22N2O4S. The molecule has 3 rings (SSSR count). The number of amides is 1. The normalized spacial score (nSPS) is 14.4. The molecule has 0 aromatic heterocycles. The van der Waals surface area contributed by atoms with E-state index >= 15 is 0 Å². The molecule has 0 aliphatic carbocycles. The van der Waals surface area contributed by atoms with E-state index in [1.54, 1.807) is 35.2 Å². The number of aryl methyl sites for hydroxylation is 2. The number of rotatable bonds is 4. The summed E-state index contributed by atoms with van der Waals surface area (Å²) in [4.78, 5) is 14.5. The third-order valence-corrected chi connectivity index (χ3v) is 5.92. The molecule has 0 unspecified atom stereocenters. The molecule has 2 aromatic carbocycles. The summed E-state index contributed by atoms with van der Waals surface area (Å²) >= 11 is 0. The first-order valence-corrected chi connectivity index (χ1v) is 9.96. The van der Waals surface area contributed by atoms with Gasteiger partial charge in [0, 0.05) is 12.2 Å². The lowest BCUT2D eigenvalue weighted by Gasteiger charge is -2.17. The lowest BCUT2D eigenvalue weighted by Crippen LogP contribution is -2.32. The van der Waals surface area contributed by atoms with Crippen molar-refractivity contribution < 1.29 is 17.9 Å². The third-order valence-electron chi connectivity index (χ3n) is 4.54. The molecule has 6 nitrogen and oxygen atoms in total. The molecule has 1 aliphatic rings. The van der Waals surface area contributed by atoms with Crippen molar-refractivity contribution >= 4 is 21.6 Å². The molecule has 7 heteroatoms. The minimum atomic E-state index is -3.74. The van der Waals surface area contributed by atoms with Crippen molar-refractivity contribution in [2.24, 2.45) is 0 Å². The summed E-state index contributed by atoms with van der Waals surface area (Å²) in [6.07, 6.45) is 0. The van der Waals surface area contributed by atoms with Crippen LogP contribution in [0.3, 0.4) is 0 Å². The van der Waals surface area contributed by atoms with Crippen molar-refractivity contribution in [2.45, 2.75) is 25.7 Å². The molecule has 0 saturated carbocycles. The van der Waals surface area contributed by atoms with E-state index in [9.17, 15) is 13.2 Å². The van der Waals surface area contributed by atoms with Gasteiger partial charge in [0.15, 0.2) is 0 Å². The van der Waals surface area contributed by atoms with Gasteiger partial charge in [-0.15, -0.1) is 0 Å². The summed E-state index contributed by atoms with van der Waals surface area (Å²) in [5.41, 5.74) is 2.62. The zero-order valence-corrected chi connectivity index (χ0v) is 15.9. The fraction of sp³-hybridized carbons (Fsp3) is 0.316. The number of carbonyl (C=O) groups is 1. The molecule has 1 N–H and O–H groups in total. The van der Waals surface area contributed by atoms with Crippen LogP contribution in [0.2, 0.25) is 0 Å². The second kappa shape index (κ2) is 6.99. The standard InChI is InChI=1S/C19H22N2O4S/c1-4-21-9-10-25-18-8-6-15(12-17(18)19(21)22)20-26(23,24)16-7-5-13(2)14(3)11-16/h5-8,11-12,20H,4,9-10H2,1-3H3. The molecule has 0 bridgehead atoms. The van der Waals surface area contributed by atoms with Gasteiger partial charge in [0.25, 0.3) is 15.9 Å². The van der Waals surface area contributed by atoms with Gasteiger partial charge >= 0.3 is 0 Å². The number of nitrogens with zero attached hydrogens (tertiary/aromatic N) is 1. The molecular weight excluding hydrogens is 352 g/mol. The minimum Gasteiger partial charge on any atom is -0.491 e. The van der Waals surface area contributed by atoms with Crippen LogP contribution < -0.4 is 9.46 Å². The van der Waals surface area contributed by atoms with Crippen molar-refractivity contribution in [1.29, 1.82) is 0 Å². The number of fused-ring (bicyclic) bond motifs is 1. The number of hydrogen-bond acceptors (Lipinski definition) is 4. The second-order valence-electron chi connectivity index (χ2n) is 6.30. The predicted octanol–water partition coefficient (Wildman–Crippen LogP) is 2.96. The Labute approximate surface area is 153 Å². The van der Waals surface area contributed by atoms with Crippen molar-refractivity contribution in [2.75, 3.05) is 24.4 Å². The fourth-order valence-electron chi connectivity index (χ4n) is 2.82. The van der Waals surface area contributed by atoms with Gasteiger partial charge in [0.05, 0.1) is 17.0 Å². The number of likely N-dealkylation sites (N-methyl/N-ethyl adjacent to an activating group) is 1. The maximum atomic E-state index is 12.7. The Morgan fingerprint density at radius 1 is 1.12 bits per heavy atom. The molecule has 0 atom stereocenters. The van der Waals surface area contributed by atoms with Crippen LogP contribution in [0.25, 0.3) is 0 Å². The van der Waals surface area contributed by atoms with E-state index in [1.807, 2.05) is 20.8 Å². The Morgan fingerprint density at radius 2 is 1.88 bits per heavy atom. The van der Waals surface area contributed by atoms with Crippen LogP contribution in [-0.2, 0) is 10.0 Å². The van der Waals surface area contributed by atoms with E-state index in [2.05, 4.69) is 4.72 Å². The molecule has 138 valence electrons. The maximum absolute atomic E-state index is 12.7. The average Bonchev–Trinajstić information content (AvgIpc) is 2.76. The summed E-state index contributed by atoms with van der Waals surface area (Å²) in [7, 11) is -3.74. The average molecular weight is 374 g/mol. The Balaban J connectivity index is 1.93. The predicted molar refractivity (Wildman–Crippen MR) is 100 cm³/mol. The number of ether oxygens (including phenoxy) is 1. The number of anilines is 1. The number of nitrogens with one attached hydrogen (secondary N) is 1. The molecule has 0 radical (unpaired) electrons. The van der Waals surface area contributed by atoms with Crippen LogP contribution in [0.4, 0.5) is 5.69 Å². The molecule has 26 heavy (non-hydrogen) atoms. The topological polar surface area (TPSA) is 75.7 Å². The molecule has 0 saturated heterocycles. The van der Waals surface area contributed by atoms with Crippen LogP contribution in [0, 0.1) is 13.8 Å². The van der Waals surface area contributed by atoms with Crippen LogP contribution in [-0.4, -0.2) is 38.9 Å². The first kappa shape index (κ1) is 18.3. The van der Waals surface area contributed by atoms with Crippen LogP contribution in [0.15, 0.2) is 41.3 Å². The second-order valence-corrected chi connectivity index (χ2v) is 7.98. The van der Waals surface area contributed by atoms with E-state index < -0.39 is 10.0 Å². The van der Waals surface area contributed by atoms with Gasteiger partial charge < -0.3 is 9.64 Å². The van der Waals surface area contributed by atoms with Gasteiger partial charge in [-0.25, -0.2) is 8.42 Å². The number of sulfonamides is 1. The summed E-state index contributed by atoms with van der Waals surface area (Å²) in [6, 6.07) is 9.74. The van der Waals surface area contributed by atoms with Crippen molar-refractivity contribution in [1.82, 2.24) is 4.90 Å². The highest BCUT2D eigenvalue weighted by molar-refractivity contribution is 7.92. The largest absolute Gasteiger partial charge is 0.491 e. The van der Waals surface area contributed by atoms with Gasteiger partial charge in [-0.05, 0) is 62.2 Å². The Kier molecular flexibility index (Phi) is 4.91. The smallest absolute Gasteiger partial charge is 0.261 e. The number of benzene rings is 2. The van der Waals surface area contributed by atoms with Crippen LogP contribution in [0.1, 0.15) is 28.4 Å². The quantitative estimate of drug-likeness (QED) is 0.893. The Morgan fingerprint density at radius 3 is 2.58 bits per heavy atom. The van der Waals surface area contributed by atoms with Gasteiger partial charge in [0.2, 0.25) is 0 Å². The van der Waals surface area contributed by atoms with Gasteiger partial charge in [-0.1, -0.05) is 6.07 Å². The maximum Gasteiger partial charge on any atom is 0.261 e. The molecule has 2 aromatic rings. The molecule has 0 spiro atoms. The monoisotopic (exact) mass is 374 g/mol. The fourth-order valence-corrected chi connectivity index (χ4v) is 3.96. The highest BCUT2D eigenvalue weighted by Gasteiger charge is 2.24. The first-order chi connectivity index (χ1) is 12.3. The Hall–Kier alpha value is -2.54. The third kappa shape index (κ3) is 3.53. The Bertz CT molecular complexity index is 954. The highest BCUT2D eigenvalue weighted by atomic mass is 32.2. The molecule has 0 fully saturated rings. The summed E-state index contributed by atoms with van der Waals surface area (Å²) in [5, 5.41) is 0. The lowest BCUT2D eigenvalue weighted by molar-refractivity contribution is 0.0765. The molecule has 1 amide bonds. The van der Waals surface area contributed by atoms with E-state index in [4.69, 9.17) is 4.74 Å². The van der Waals surface area contributed by atoms with Crippen molar-refractivity contribution in [3.05, 3.63) is 53.1 Å². The van der Waals surface area contributed by atoms with Gasteiger partial charge in [0.1, 0.15) is 12.4 Å². The minimum absolute atomic E-state index is 0.160. The molecule has 1 heterocycles. The van der Waals surface area contributed by atoms with Crippen molar-refractivity contribution in [3.8, 4) is 5.75 Å². The highest BCUT2D eigenvalue weighted by Crippen LogP contribution is 2.28. The zero-order valence-electron chi connectivity index (χ0n) is 15.1. The SMILES string of the molecule is CCN1CCOc2ccc(NS(=O)(=O)c3ccc(C)c(C)c3)cc2C1=O. The summed E-state index contributed by atoms with van der Waals surface area (Å²) in [5.74, 6) is 0.312. The summed E-state index contributed by atoms with van der Waals surface area (Å²) < 4.78 is 33.5. The summed E-state index contributed by atoms with van der Waals surface area (Å²) in [6.45, 7) is 7.19. The van der Waals surface area contributed by atoms with Gasteiger partial charge in [-0.3, -0.25) is 9.52 Å². The van der Waals surface area contributed by atoms with E-state index in [0.29, 0.717) is 36.7 Å². The van der Waals surface area contributed by atoms with E-state index in [0.717, 1.165) is 11.1 Å². The van der Waals surface area contributed by atoms with Crippen LogP contribution >= 0.6 is 0 Å². The molecule has 1 aliphatic heterocycles. The van der Waals surface area contributed by atoms with E-state index in [1.165, 1.54) is 6.07 Å².